The lowest BCUT2D eigenvalue weighted by Crippen LogP contribution is -2.36. The summed E-state index contributed by atoms with van der Waals surface area (Å²) in [6, 6.07) is 1.84. The highest BCUT2D eigenvalue weighted by atomic mass is 32.2. The standard InChI is InChI=1S/C14H19N3O2S2/c1-5-17(6-2)12(18)9(3)21-14-15-10-7-8-20-11(10)13(19)16(14)4/h7-9H,5-6H2,1-4H3. The average Bonchev–Trinajstić information content (AvgIpc) is 2.93. The fraction of sp³-hybridized carbons (Fsp3) is 0.500. The highest BCUT2D eigenvalue weighted by Crippen LogP contribution is 2.24. The van der Waals surface area contributed by atoms with Gasteiger partial charge in [0, 0.05) is 20.1 Å². The maximum Gasteiger partial charge on any atom is 0.271 e. The molecule has 0 bridgehead atoms. The molecular weight excluding hydrogens is 306 g/mol. The number of nitrogens with zero attached hydrogens (tertiary/aromatic N) is 3. The Bertz CT molecular complexity index is 704. The normalized spacial score (nSPS) is 12.6. The monoisotopic (exact) mass is 325 g/mol. The SMILES string of the molecule is CCN(CC)C(=O)C(C)Sc1nc2ccsc2c(=O)n1C. The van der Waals surface area contributed by atoms with Crippen molar-refractivity contribution in [1.82, 2.24) is 14.5 Å². The Morgan fingerprint density at radius 2 is 2.14 bits per heavy atom. The minimum atomic E-state index is -0.265. The van der Waals surface area contributed by atoms with E-state index in [4.69, 9.17) is 0 Å². The largest absolute Gasteiger partial charge is 0.342 e. The van der Waals surface area contributed by atoms with Crippen molar-refractivity contribution in [3.8, 4) is 0 Å². The summed E-state index contributed by atoms with van der Waals surface area (Å²) >= 11 is 2.73. The molecule has 114 valence electrons. The van der Waals surface area contributed by atoms with E-state index in [1.54, 1.807) is 11.9 Å². The molecule has 0 N–H and O–H groups in total. The molecule has 0 aliphatic heterocycles. The van der Waals surface area contributed by atoms with Crippen molar-refractivity contribution >= 4 is 39.2 Å². The van der Waals surface area contributed by atoms with E-state index in [1.165, 1.54) is 27.7 Å². The Hall–Kier alpha value is -1.34. The Morgan fingerprint density at radius 3 is 2.76 bits per heavy atom. The molecule has 1 atom stereocenters. The fourth-order valence-electron chi connectivity index (χ4n) is 2.07. The molecule has 7 heteroatoms. The summed E-state index contributed by atoms with van der Waals surface area (Å²) < 4.78 is 2.18. The lowest BCUT2D eigenvalue weighted by atomic mass is 10.4. The van der Waals surface area contributed by atoms with Gasteiger partial charge < -0.3 is 4.90 Å². The number of fused-ring (bicyclic) bond motifs is 1. The number of amides is 1. The van der Waals surface area contributed by atoms with Crippen LogP contribution in [0.2, 0.25) is 0 Å². The highest BCUT2D eigenvalue weighted by Gasteiger charge is 2.21. The van der Waals surface area contributed by atoms with Gasteiger partial charge in [-0.05, 0) is 32.2 Å². The zero-order valence-corrected chi connectivity index (χ0v) is 14.3. The van der Waals surface area contributed by atoms with Gasteiger partial charge in [-0.3, -0.25) is 14.2 Å². The summed E-state index contributed by atoms with van der Waals surface area (Å²) in [5.41, 5.74) is 0.646. The number of carbonyl (C=O) groups is 1. The van der Waals surface area contributed by atoms with Gasteiger partial charge in [-0.1, -0.05) is 11.8 Å². The van der Waals surface area contributed by atoms with E-state index >= 15 is 0 Å². The third kappa shape index (κ3) is 3.13. The molecule has 2 rings (SSSR count). The molecule has 0 aromatic carbocycles. The molecule has 0 saturated carbocycles. The Morgan fingerprint density at radius 1 is 1.48 bits per heavy atom. The lowest BCUT2D eigenvalue weighted by molar-refractivity contribution is -0.129. The van der Waals surface area contributed by atoms with E-state index in [-0.39, 0.29) is 16.7 Å². The van der Waals surface area contributed by atoms with Gasteiger partial charge in [0.15, 0.2) is 5.16 Å². The van der Waals surface area contributed by atoms with Gasteiger partial charge in [0.1, 0.15) is 4.70 Å². The van der Waals surface area contributed by atoms with E-state index in [0.29, 0.717) is 28.5 Å². The Kier molecular flexibility index (Phi) is 5.05. The van der Waals surface area contributed by atoms with E-state index in [9.17, 15) is 9.59 Å². The molecule has 0 fully saturated rings. The number of thioether (sulfide) groups is 1. The van der Waals surface area contributed by atoms with Crippen molar-refractivity contribution in [1.29, 1.82) is 0 Å². The van der Waals surface area contributed by atoms with Crippen LogP contribution in [0, 0.1) is 0 Å². The van der Waals surface area contributed by atoms with Gasteiger partial charge in [-0.15, -0.1) is 11.3 Å². The van der Waals surface area contributed by atoms with E-state index in [1.807, 2.05) is 32.2 Å². The summed E-state index contributed by atoms with van der Waals surface area (Å²) in [6.07, 6.45) is 0. The van der Waals surface area contributed by atoms with Crippen LogP contribution in [0.4, 0.5) is 0 Å². The molecule has 5 nitrogen and oxygen atoms in total. The number of hydrogen-bond donors (Lipinski definition) is 0. The van der Waals surface area contributed by atoms with Crippen LogP contribution in [0.1, 0.15) is 20.8 Å². The predicted octanol–water partition coefficient (Wildman–Crippen LogP) is 2.34. The van der Waals surface area contributed by atoms with Crippen molar-refractivity contribution in [2.24, 2.45) is 7.05 Å². The number of aromatic nitrogens is 2. The first-order chi connectivity index (χ1) is 9.99. The number of hydrogen-bond acceptors (Lipinski definition) is 5. The lowest BCUT2D eigenvalue weighted by Gasteiger charge is -2.22. The first-order valence-corrected chi connectivity index (χ1v) is 8.65. The van der Waals surface area contributed by atoms with Gasteiger partial charge in [-0.2, -0.15) is 0 Å². The minimum absolute atomic E-state index is 0.0556. The number of carbonyl (C=O) groups excluding carboxylic acids is 1. The molecule has 2 aromatic heterocycles. The van der Waals surface area contributed by atoms with E-state index in [0.717, 1.165) is 0 Å². The molecule has 0 radical (unpaired) electrons. The summed E-state index contributed by atoms with van der Waals surface area (Å²) in [4.78, 5) is 30.8. The quantitative estimate of drug-likeness (QED) is 0.625. The zero-order chi connectivity index (χ0) is 15.6. The van der Waals surface area contributed by atoms with Crippen LogP contribution in [0.5, 0.6) is 0 Å². The van der Waals surface area contributed by atoms with Crippen molar-refractivity contribution < 1.29 is 4.79 Å². The average molecular weight is 325 g/mol. The van der Waals surface area contributed by atoms with Crippen molar-refractivity contribution in [3.63, 3.8) is 0 Å². The second-order valence-corrected chi connectivity index (χ2v) is 6.89. The molecule has 0 aliphatic carbocycles. The van der Waals surface area contributed by atoms with Crippen LogP contribution in [-0.2, 0) is 11.8 Å². The predicted molar refractivity (Wildman–Crippen MR) is 88.1 cm³/mol. The van der Waals surface area contributed by atoms with E-state index in [2.05, 4.69) is 4.98 Å². The topological polar surface area (TPSA) is 55.2 Å². The molecule has 2 heterocycles. The number of rotatable bonds is 5. The van der Waals surface area contributed by atoms with Crippen LogP contribution in [0.3, 0.4) is 0 Å². The van der Waals surface area contributed by atoms with Crippen molar-refractivity contribution in [2.75, 3.05) is 13.1 Å². The minimum Gasteiger partial charge on any atom is -0.342 e. The Balaban J connectivity index is 2.29. The van der Waals surface area contributed by atoms with Crippen LogP contribution >= 0.6 is 23.1 Å². The van der Waals surface area contributed by atoms with Crippen molar-refractivity contribution in [2.45, 2.75) is 31.2 Å². The van der Waals surface area contributed by atoms with Crippen LogP contribution in [0.25, 0.3) is 10.2 Å². The van der Waals surface area contributed by atoms with Crippen LogP contribution < -0.4 is 5.56 Å². The third-order valence-corrected chi connectivity index (χ3v) is 5.37. The van der Waals surface area contributed by atoms with Gasteiger partial charge in [0.2, 0.25) is 5.91 Å². The first kappa shape index (κ1) is 16.0. The molecule has 1 amide bonds. The van der Waals surface area contributed by atoms with Gasteiger partial charge in [0.05, 0.1) is 10.8 Å². The summed E-state index contributed by atoms with van der Waals surface area (Å²) in [7, 11) is 1.70. The molecule has 1 unspecified atom stereocenters. The Labute approximate surface area is 132 Å². The molecule has 0 spiro atoms. The first-order valence-electron chi connectivity index (χ1n) is 6.89. The van der Waals surface area contributed by atoms with E-state index < -0.39 is 0 Å². The summed E-state index contributed by atoms with van der Waals surface area (Å²) in [5, 5.41) is 2.18. The third-order valence-electron chi connectivity index (χ3n) is 3.35. The summed E-state index contributed by atoms with van der Waals surface area (Å²) in [5.74, 6) is 0.0738. The maximum atomic E-state index is 12.3. The molecule has 0 aliphatic rings. The second-order valence-electron chi connectivity index (χ2n) is 4.66. The second kappa shape index (κ2) is 6.62. The zero-order valence-electron chi connectivity index (χ0n) is 12.6. The number of thiophene rings is 1. The fourth-order valence-corrected chi connectivity index (χ4v) is 3.84. The molecule has 21 heavy (non-hydrogen) atoms. The van der Waals surface area contributed by atoms with Crippen LogP contribution in [0.15, 0.2) is 21.4 Å². The smallest absolute Gasteiger partial charge is 0.271 e. The summed E-state index contributed by atoms with van der Waals surface area (Å²) in [6.45, 7) is 7.16. The highest BCUT2D eigenvalue weighted by molar-refractivity contribution is 8.00. The molecule has 2 aromatic rings. The van der Waals surface area contributed by atoms with Gasteiger partial charge in [-0.25, -0.2) is 4.98 Å². The van der Waals surface area contributed by atoms with Gasteiger partial charge >= 0.3 is 0 Å². The molecule has 0 saturated heterocycles. The van der Waals surface area contributed by atoms with Gasteiger partial charge in [0.25, 0.3) is 5.56 Å². The van der Waals surface area contributed by atoms with Crippen LogP contribution in [-0.4, -0.2) is 38.7 Å². The maximum absolute atomic E-state index is 12.3. The molecular formula is C14H19N3O2S2. The van der Waals surface area contributed by atoms with Crippen molar-refractivity contribution in [3.05, 3.63) is 21.8 Å².